The first-order chi connectivity index (χ1) is 18.6. The van der Waals surface area contributed by atoms with Crippen molar-refractivity contribution in [2.45, 2.75) is 13.8 Å². The summed E-state index contributed by atoms with van der Waals surface area (Å²) in [6, 6.07) is 32.7. The van der Waals surface area contributed by atoms with Crippen LogP contribution < -0.4 is 0 Å². The second-order valence-corrected chi connectivity index (χ2v) is 9.19. The Bertz CT molecular complexity index is 1600. The van der Waals surface area contributed by atoms with Crippen molar-refractivity contribution >= 4 is 12.2 Å². The Kier molecular flexibility index (Phi) is 6.20. The van der Waals surface area contributed by atoms with Crippen molar-refractivity contribution in [1.29, 1.82) is 0 Å². The summed E-state index contributed by atoms with van der Waals surface area (Å²) in [6.07, 6.45) is 7.89. The topological polar surface area (TPSA) is 61.4 Å². The third-order valence-electron chi connectivity index (χ3n) is 6.53. The lowest BCUT2D eigenvalue weighted by molar-refractivity contribution is 0.753. The molecule has 0 radical (unpaired) electrons. The smallest absolute Gasteiger partial charge is 0.113 e. The molecule has 38 heavy (non-hydrogen) atoms. The fourth-order valence-corrected chi connectivity index (χ4v) is 4.38. The average Bonchev–Trinajstić information content (AvgIpc) is 3.65. The lowest BCUT2D eigenvalue weighted by Gasteiger charge is -2.07. The lowest BCUT2D eigenvalue weighted by Crippen LogP contribution is -2.00. The van der Waals surface area contributed by atoms with Gasteiger partial charge in [0.1, 0.15) is 11.4 Å². The molecule has 0 unspecified atom stereocenters. The zero-order valence-corrected chi connectivity index (χ0v) is 21.2. The van der Waals surface area contributed by atoms with Crippen LogP contribution in [0, 0.1) is 13.8 Å². The number of rotatable bonds is 6. The van der Waals surface area contributed by atoms with E-state index in [9.17, 15) is 0 Å². The van der Waals surface area contributed by atoms with Crippen molar-refractivity contribution in [3.05, 3.63) is 132 Å². The number of benzene rings is 4. The van der Waals surface area contributed by atoms with Crippen LogP contribution in [0.25, 0.3) is 46.0 Å². The second kappa shape index (κ2) is 10.1. The van der Waals surface area contributed by atoms with Gasteiger partial charge in [-0.05, 0) is 60.4 Å². The van der Waals surface area contributed by atoms with E-state index in [4.69, 9.17) is 0 Å². The minimum absolute atomic E-state index is 0.854. The molecule has 0 amide bonds. The Morgan fingerprint density at radius 1 is 0.526 bits per heavy atom. The summed E-state index contributed by atoms with van der Waals surface area (Å²) >= 11 is 0. The molecule has 0 atom stereocenters. The Balaban J connectivity index is 1.19. The highest BCUT2D eigenvalue weighted by molar-refractivity contribution is 5.73. The van der Waals surface area contributed by atoms with Gasteiger partial charge in [0, 0.05) is 11.1 Å². The maximum Gasteiger partial charge on any atom is 0.113 e. The molecular weight excluding hydrogens is 468 g/mol. The molecule has 0 fully saturated rings. The van der Waals surface area contributed by atoms with E-state index in [1.54, 1.807) is 22.0 Å². The molecule has 6 heteroatoms. The zero-order valence-electron chi connectivity index (χ0n) is 21.2. The van der Waals surface area contributed by atoms with Crippen molar-refractivity contribution < 1.29 is 0 Å². The highest BCUT2D eigenvalue weighted by Gasteiger charge is 2.08. The summed E-state index contributed by atoms with van der Waals surface area (Å²) in [5.41, 5.74) is 10.3. The van der Waals surface area contributed by atoms with Crippen LogP contribution in [0.2, 0.25) is 0 Å². The fourth-order valence-electron chi connectivity index (χ4n) is 4.38. The van der Waals surface area contributed by atoms with E-state index < -0.39 is 0 Å². The van der Waals surface area contributed by atoms with Gasteiger partial charge in [0.2, 0.25) is 0 Å². The van der Waals surface area contributed by atoms with Crippen LogP contribution in [0.15, 0.2) is 109 Å². The summed E-state index contributed by atoms with van der Waals surface area (Å²) < 4.78 is 0. The number of hydrogen-bond acceptors (Lipinski definition) is 4. The second-order valence-electron chi connectivity index (χ2n) is 9.19. The highest BCUT2D eigenvalue weighted by Crippen LogP contribution is 2.22. The standard InChI is InChI=1S/C32H26N6/c1-23-19-29(37-33-21-31(35-37)27-9-5-3-6-10-27)17-15-25(23)13-14-26-16-18-30(20-24(26)2)38-34-22-32(36-38)28-11-7-4-8-12-28/h3-22H,1-2H3. The van der Waals surface area contributed by atoms with Crippen LogP contribution in [0.4, 0.5) is 0 Å². The molecule has 0 aliphatic rings. The van der Waals surface area contributed by atoms with E-state index in [2.05, 4.69) is 70.7 Å². The molecule has 2 aromatic heterocycles. The molecular formula is C32H26N6. The van der Waals surface area contributed by atoms with Crippen molar-refractivity contribution in [2.24, 2.45) is 0 Å². The summed E-state index contributed by atoms with van der Waals surface area (Å²) in [5, 5.41) is 18.2. The van der Waals surface area contributed by atoms with Crippen LogP contribution in [0.3, 0.4) is 0 Å². The molecule has 0 aliphatic heterocycles. The molecule has 6 nitrogen and oxygen atoms in total. The summed E-state index contributed by atoms with van der Waals surface area (Å²) in [6.45, 7) is 4.21. The molecule has 184 valence electrons. The first-order valence-electron chi connectivity index (χ1n) is 12.5. The fraction of sp³-hybridized carbons (Fsp3) is 0.0625. The van der Waals surface area contributed by atoms with Crippen molar-refractivity contribution in [1.82, 2.24) is 30.0 Å². The minimum atomic E-state index is 0.854. The zero-order chi connectivity index (χ0) is 25.9. The predicted molar refractivity (Wildman–Crippen MR) is 152 cm³/mol. The number of aryl methyl sites for hydroxylation is 2. The third-order valence-corrected chi connectivity index (χ3v) is 6.53. The SMILES string of the molecule is Cc1cc(-n2ncc(-c3ccccc3)n2)ccc1C=Cc1ccc(-n2ncc(-c3ccccc3)n2)cc1C. The molecule has 6 rings (SSSR count). The van der Waals surface area contributed by atoms with Crippen molar-refractivity contribution in [3.8, 4) is 33.9 Å². The van der Waals surface area contributed by atoms with Gasteiger partial charge in [-0.25, -0.2) is 0 Å². The molecule has 0 aliphatic carbocycles. The van der Waals surface area contributed by atoms with Gasteiger partial charge >= 0.3 is 0 Å². The van der Waals surface area contributed by atoms with Gasteiger partial charge in [0.05, 0.1) is 23.8 Å². The predicted octanol–water partition coefficient (Wildman–Crippen LogP) is 6.97. The summed E-state index contributed by atoms with van der Waals surface area (Å²) in [7, 11) is 0. The molecule has 2 heterocycles. The van der Waals surface area contributed by atoms with Gasteiger partial charge in [-0.3, -0.25) is 0 Å². The molecule has 0 bridgehead atoms. The van der Waals surface area contributed by atoms with Crippen LogP contribution in [0.5, 0.6) is 0 Å². The molecule has 0 spiro atoms. The van der Waals surface area contributed by atoms with Crippen LogP contribution in [0.1, 0.15) is 22.3 Å². The number of hydrogen-bond donors (Lipinski definition) is 0. The first-order valence-corrected chi connectivity index (χ1v) is 12.5. The molecule has 6 aromatic rings. The molecule has 4 aromatic carbocycles. The normalized spacial score (nSPS) is 11.3. The van der Waals surface area contributed by atoms with Gasteiger partial charge in [0.25, 0.3) is 0 Å². The Labute approximate surface area is 221 Å². The largest absolute Gasteiger partial charge is 0.156 e. The van der Waals surface area contributed by atoms with Gasteiger partial charge in [-0.2, -0.15) is 19.8 Å². The molecule has 0 saturated carbocycles. The molecule has 0 N–H and O–H groups in total. The van der Waals surface area contributed by atoms with Crippen molar-refractivity contribution in [3.63, 3.8) is 0 Å². The van der Waals surface area contributed by atoms with E-state index in [1.165, 1.54) is 0 Å². The minimum Gasteiger partial charge on any atom is -0.156 e. The lowest BCUT2D eigenvalue weighted by atomic mass is 10.0. The van der Waals surface area contributed by atoms with Crippen LogP contribution >= 0.6 is 0 Å². The van der Waals surface area contributed by atoms with Crippen molar-refractivity contribution in [2.75, 3.05) is 0 Å². The summed E-state index contributed by atoms with van der Waals surface area (Å²) in [5.74, 6) is 0. The van der Waals surface area contributed by atoms with E-state index in [0.29, 0.717) is 0 Å². The van der Waals surface area contributed by atoms with Gasteiger partial charge < -0.3 is 0 Å². The first kappa shape index (κ1) is 23.3. The average molecular weight is 495 g/mol. The van der Waals surface area contributed by atoms with Crippen LogP contribution in [-0.4, -0.2) is 30.0 Å². The van der Waals surface area contributed by atoms with Gasteiger partial charge in [0.15, 0.2) is 0 Å². The maximum atomic E-state index is 4.65. The summed E-state index contributed by atoms with van der Waals surface area (Å²) in [4.78, 5) is 3.36. The highest BCUT2D eigenvalue weighted by atomic mass is 15.5. The van der Waals surface area contributed by atoms with E-state index in [-0.39, 0.29) is 0 Å². The van der Waals surface area contributed by atoms with Gasteiger partial charge in [-0.15, -0.1) is 10.2 Å². The van der Waals surface area contributed by atoms with E-state index >= 15 is 0 Å². The monoisotopic (exact) mass is 494 g/mol. The van der Waals surface area contributed by atoms with Gasteiger partial charge in [-0.1, -0.05) is 84.9 Å². The Morgan fingerprint density at radius 3 is 1.34 bits per heavy atom. The Hall–Kier alpha value is -5.10. The third kappa shape index (κ3) is 4.80. The van der Waals surface area contributed by atoms with E-state index in [1.807, 2.05) is 72.8 Å². The maximum absolute atomic E-state index is 4.65. The Morgan fingerprint density at radius 2 is 0.947 bits per heavy atom. The van der Waals surface area contributed by atoms with E-state index in [0.717, 1.165) is 56.1 Å². The number of nitrogens with zero attached hydrogens (tertiary/aromatic N) is 6. The van der Waals surface area contributed by atoms with Crippen LogP contribution in [-0.2, 0) is 0 Å². The molecule has 0 saturated heterocycles. The number of aromatic nitrogens is 6. The quantitative estimate of drug-likeness (QED) is 0.235.